The number of carbonyl (C=O) groups is 2. The summed E-state index contributed by atoms with van der Waals surface area (Å²) >= 11 is 4.44. The molecule has 0 radical (unpaired) electrons. The van der Waals surface area contributed by atoms with E-state index >= 15 is 0 Å². The van der Waals surface area contributed by atoms with Crippen LogP contribution in [0.4, 0.5) is 0 Å². The van der Waals surface area contributed by atoms with Gasteiger partial charge in [0.05, 0.1) is 60.1 Å². The standard InChI is InChI=1S/C23H40N4O2SSi.C18H39IO2SSi.2C16H22O.2C15H30O4Si.2O2S/c1-17(19(3)21(18(2)16-28)29-31(7,8)23(4,5)6)14-15-30-22-24-25-26-27(22)20-12-10-9-11-13-20;1-14(12-19)15(2)16(3)17(20-13-22-7)10-11-21-23(8,9)18(4,5)6;2*1-11-12(2)15(9-10-16(17)13(11)3)14-7-5-4-6-8-14;2*1-10-12(8-9-16)18-14(17)11(2)13(10)19-20(6,7)15(3,4)5;2*1-3-2/h9-13,17-19,21,28H,14-16H2,1-8H3;14-17H,10-13H2,1-9H3;2*4-9,11-13,16-17H,10H2,1-3H3;2*10-13,16H,8-9H2,1-7H3;;/t17-,18-,19+,21-;14-,15-,16+,17-;11-,12+,13+,16-;11-,12+,13-,16-;10-,11+,12-,13+;10-,11-,12+,13-;;/m011110../s1. The van der Waals surface area contributed by atoms with Crippen LogP contribution in [0.1, 0.15) is 244 Å². The van der Waals surface area contributed by atoms with E-state index in [9.17, 15) is 24.9 Å². The molecular formula is C103H183IN4O18S4Si4. The zero-order valence-electron chi connectivity index (χ0n) is 89.2. The lowest BCUT2D eigenvalue weighted by Gasteiger charge is -2.46. The van der Waals surface area contributed by atoms with Gasteiger partial charge >= 0.3 is 35.1 Å². The van der Waals surface area contributed by atoms with E-state index < -0.39 is 56.4 Å². The van der Waals surface area contributed by atoms with Crippen molar-refractivity contribution in [3.63, 3.8) is 0 Å². The second-order valence-electron chi connectivity index (χ2n) is 44.3. The number of thioether (sulfide) groups is 2. The first kappa shape index (κ1) is 129. The lowest BCUT2D eigenvalue weighted by atomic mass is 9.79. The van der Waals surface area contributed by atoms with Gasteiger partial charge in [0.25, 0.3) is 0 Å². The largest absolute Gasteiger partial charge is 0.462 e. The third-order valence-electron chi connectivity index (χ3n) is 31.0. The number of aliphatic hydroxyl groups is 5. The topological polar surface area (TPSA) is 312 Å². The Labute approximate surface area is 845 Å². The van der Waals surface area contributed by atoms with Crippen molar-refractivity contribution >= 4 is 126 Å². The Hall–Kier alpha value is -3.31. The van der Waals surface area contributed by atoms with Crippen molar-refractivity contribution in [3.05, 3.63) is 114 Å². The fraction of sp³-hybridized carbons (Fsp3) is 0.757. The highest BCUT2D eigenvalue weighted by Crippen LogP contribution is 2.47. The summed E-state index contributed by atoms with van der Waals surface area (Å²) in [6, 6.07) is 31.0. The molecule has 4 aliphatic rings. The summed E-state index contributed by atoms with van der Waals surface area (Å²) in [6.07, 6.45) is 10.4. The highest BCUT2D eigenvalue weighted by Gasteiger charge is 2.50. The molecule has 0 unspecified atom stereocenters. The van der Waals surface area contributed by atoms with Gasteiger partial charge in [-0.3, -0.25) is 9.59 Å². The Morgan fingerprint density at radius 1 is 0.500 bits per heavy atom. The van der Waals surface area contributed by atoms with Gasteiger partial charge in [-0.05, 0) is 228 Å². The zero-order valence-corrected chi connectivity index (χ0v) is 98.6. The molecule has 1 aromatic heterocycles. The van der Waals surface area contributed by atoms with Crippen LogP contribution in [0.5, 0.6) is 0 Å². The average Bonchev–Trinajstić information content (AvgIpc) is 1.29. The summed E-state index contributed by atoms with van der Waals surface area (Å²) in [5.74, 6) is 6.70. The molecule has 134 heavy (non-hydrogen) atoms. The third-order valence-corrected chi connectivity index (χ3v) is 51.6. The number of hydrogen-bond acceptors (Lipinski definition) is 23. The van der Waals surface area contributed by atoms with Gasteiger partial charge in [0.15, 0.2) is 33.3 Å². The van der Waals surface area contributed by atoms with Crippen molar-refractivity contribution in [2.24, 2.45) is 94.7 Å². The molecule has 0 spiro atoms. The van der Waals surface area contributed by atoms with E-state index in [0.717, 1.165) is 60.7 Å². The number of alkyl halides is 1. The average molecular weight is 2130 g/mol. The van der Waals surface area contributed by atoms with Crippen molar-refractivity contribution in [2.45, 2.75) is 359 Å². The number of esters is 2. The molecule has 5 N–H and O–H groups in total. The van der Waals surface area contributed by atoms with Gasteiger partial charge in [-0.25, -0.2) is 0 Å². The van der Waals surface area contributed by atoms with Crippen LogP contribution in [0.25, 0.3) is 16.8 Å². The molecule has 2 saturated heterocycles. The van der Waals surface area contributed by atoms with Crippen molar-refractivity contribution in [1.29, 1.82) is 0 Å². The van der Waals surface area contributed by atoms with Gasteiger partial charge in [-0.1, -0.05) is 305 Å². The van der Waals surface area contributed by atoms with Gasteiger partial charge in [0.2, 0.25) is 5.16 Å². The quantitative estimate of drug-likeness (QED) is 0.00757. The van der Waals surface area contributed by atoms with Crippen molar-refractivity contribution in [2.75, 3.05) is 48.8 Å². The Bertz CT molecular complexity index is 3930. The Kier molecular flexibility index (Phi) is 58.6. The molecule has 2 fully saturated rings. The summed E-state index contributed by atoms with van der Waals surface area (Å²) in [5, 5.41) is 61.9. The maximum atomic E-state index is 12.0. The van der Waals surface area contributed by atoms with Gasteiger partial charge in [0.1, 0.15) is 12.2 Å². The molecule has 4 aromatic rings. The van der Waals surface area contributed by atoms with Gasteiger partial charge in [-0.15, -0.1) is 16.9 Å². The van der Waals surface area contributed by atoms with Gasteiger partial charge in [-0.2, -0.15) is 21.5 Å². The normalized spacial score (nSPS) is 25.4. The minimum absolute atomic E-state index is 0.0312. The van der Waals surface area contributed by atoms with Crippen molar-refractivity contribution in [3.8, 4) is 5.69 Å². The van der Waals surface area contributed by atoms with Gasteiger partial charge < -0.3 is 57.4 Å². The zero-order chi connectivity index (χ0) is 103. The van der Waals surface area contributed by atoms with Crippen molar-refractivity contribution in [1.82, 2.24) is 20.2 Å². The number of nitrogens with zero attached hydrogens (tertiary/aromatic N) is 4. The first-order chi connectivity index (χ1) is 62.0. The lowest BCUT2D eigenvalue weighted by Crippen LogP contribution is -2.54. The molecular weight excluding hydrogens is 1950 g/mol. The van der Waals surface area contributed by atoms with Crippen LogP contribution < -0.4 is 0 Å². The Morgan fingerprint density at radius 3 is 1.23 bits per heavy atom. The monoisotopic (exact) mass is 2130 g/mol. The van der Waals surface area contributed by atoms with E-state index in [1.807, 2.05) is 56.3 Å². The van der Waals surface area contributed by atoms with Crippen molar-refractivity contribution < 1.29 is 83.9 Å². The first-order valence-electron chi connectivity index (χ1n) is 48.8. The number of benzene rings is 3. The molecule has 2 aliphatic heterocycles. The molecule has 22 nitrogen and oxygen atoms in total. The van der Waals surface area contributed by atoms with Crippen LogP contribution in [0, 0.1) is 94.7 Å². The second kappa shape index (κ2) is 61.0. The number of aliphatic hydroxyl groups excluding tert-OH is 5. The number of tetrazole rings is 1. The van der Waals surface area contributed by atoms with E-state index in [2.05, 4.69) is 337 Å². The summed E-state index contributed by atoms with van der Waals surface area (Å²) in [5.41, 5.74) is 6.35. The number of hydrogen-bond donors (Lipinski definition) is 5. The molecule has 3 aromatic carbocycles. The van der Waals surface area contributed by atoms with Crippen LogP contribution >= 0.6 is 46.1 Å². The third kappa shape index (κ3) is 40.8. The SMILES string of the molecule is CSCO[C@H](CCO[Si](C)(C)C(C)(C)C)[C@@H](C)[C@H](C)[C@H](C)CI.C[C@@H]([C@@H](O[Si](C)(C)C(C)(C)C)[C@@H](C)CO)[C@@H](C)CCSc1nnnn1-c1ccccc1.C[C@@H]1[C@H](C)[C@H](C)C(c2ccccc2)=CC[C@H]1O.C[C@@H]1[C@H](O[Si](C)(C)C(C)(C)C)[C@H](C)C(=O)O[C@@H]1CCO.C[C@H]1[C@H](C)[C@H](C)C(c2ccccc2)=CC[C@H]1O.C[C@H]1[C@H](O[Si](C)(C)C(C)(C)C)[C@H](C)C(=O)O[C@@H]1CCO.O=S=O.O=S=O. The van der Waals surface area contributed by atoms with E-state index in [1.165, 1.54) is 26.7 Å². The predicted molar refractivity (Wildman–Crippen MR) is 575 cm³/mol. The van der Waals surface area contributed by atoms with E-state index in [1.54, 1.807) is 28.2 Å². The first-order valence-corrected chi connectivity index (χ1v) is 65.6. The highest BCUT2D eigenvalue weighted by atomic mass is 127. The minimum atomic E-state index is -1.93. The number of carbonyl (C=O) groups excluding carboxylic acids is 2. The molecule has 24 atom stereocenters. The Balaban J connectivity index is 0.000000803. The highest BCUT2D eigenvalue weighted by molar-refractivity contribution is 14.1. The van der Waals surface area contributed by atoms with Crippen LogP contribution in [-0.2, 0) is 64.6 Å². The number of para-hydroxylation sites is 1. The van der Waals surface area contributed by atoms with Crippen LogP contribution in [0.2, 0.25) is 72.5 Å². The molecule has 2 aliphatic carbocycles. The second-order valence-corrected chi connectivity index (χ2v) is 66.4. The number of ether oxygens (including phenoxy) is 3. The molecule has 0 saturated carbocycles. The minimum Gasteiger partial charge on any atom is -0.462 e. The Morgan fingerprint density at radius 2 is 0.881 bits per heavy atom. The summed E-state index contributed by atoms with van der Waals surface area (Å²) in [6.45, 7) is 80.9. The predicted octanol–water partition coefficient (Wildman–Crippen LogP) is 23.9. The molecule has 8 rings (SSSR count). The summed E-state index contributed by atoms with van der Waals surface area (Å²) in [7, 11) is -7.43. The molecule has 3 heterocycles. The summed E-state index contributed by atoms with van der Waals surface area (Å²) < 4.78 is 79.3. The van der Waals surface area contributed by atoms with Gasteiger partial charge in [0, 0.05) is 67.2 Å². The van der Waals surface area contributed by atoms with Crippen LogP contribution in [0.15, 0.2) is 108 Å². The maximum absolute atomic E-state index is 12.0. The summed E-state index contributed by atoms with van der Waals surface area (Å²) in [4.78, 5) is 24.0. The lowest BCUT2D eigenvalue weighted by molar-refractivity contribution is -0.178. The number of cyclic esters (lactones) is 2. The van der Waals surface area contributed by atoms with E-state index in [0.29, 0.717) is 78.1 Å². The van der Waals surface area contributed by atoms with Crippen LogP contribution in [0.3, 0.4) is 0 Å². The molecule has 770 valence electrons. The number of rotatable bonds is 32. The fourth-order valence-corrected chi connectivity index (χ4v) is 23.4. The van der Waals surface area contributed by atoms with E-state index in [-0.39, 0.29) is 124 Å². The fourth-order valence-electron chi connectivity index (χ4n) is 15.8. The molecule has 0 amide bonds. The van der Waals surface area contributed by atoms with Crippen LogP contribution in [-0.4, -0.2) is 205 Å². The number of aromatic nitrogens is 4. The molecule has 31 heteroatoms. The number of halogens is 1. The molecule has 0 bridgehead atoms. The maximum Gasteiger partial charge on any atom is 0.335 e. The smallest absolute Gasteiger partial charge is 0.335 e. The number of allylic oxidation sites excluding steroid dienone is 2. The van der Waals surface area contributed by atoms with E-state index in [4.69, 9.17) is 59.0 Å².